The van der Waals surface area contributed by atoms with E-state index >= 15 is 0 Å². The summed E-state index contributed by atoms with van der Waals surface area (Å²) in [5.41, 5.74) is 0.689. The van der Waals surface area contributed by atoms with E-state index in [1.807, 2.05) is 19.9 Å². The lowest BCUT2D eigenvalue weighted by molar-refractivity contribution is -0.114. The van der Waals surface area contributed by atoms with Crippen LogP contribution < -0.4 is 10.1 Å². The normalized spacial score (nSPS) is 10.7. The number of anilines is 1. The molecule has 0 saturated heterocycles. The predicted molar refractivity (Wildman–Crippen MR) is 87.3 cm³/mol. The fourth-order valence-electron chi connectivity index (χ4n) is 1.49. The van der Waals surface area contributed by atoms with Crippen LogP contribution in [0, 0.1) is 0 Å². The zero-order valence-corrected chi connectivity index (χ0v) is 15.0. The summed E-state index contributed by atoms with van der Waals surface area (Å²) in [6, 6.07) is 3.64. The van der Waals surface area contributed by atoms with Crippen LogP contribution in [-0.4, -0.2) is 25.2 Å². The van der Waals surface area contributed by atoms with Crippen molar-refractivity contribution in [1.82, 2.24) is 0 Å². The molecule has 0 unspecified atom stereocenters. The molecule has 0 saturated carbocycles. The number of hydrogen-bond donors (Lipinski definition) is 1. The van der Waals surface area contributed by atoms with Crippen LogP contribution in [0.4, 0.5) is 5.69 Å². The number of halogens is 2. The van der Waals surface area contributed by atoms with Gasteiger partial charge in [0.15, 0.2) is 0 Å². The molecule has 1 rings (SSSR count). The second-order valence-electron chi connectivity index (χ2n) is 4.57. The Morgan fingerprint density at radius 1 is 1.25 bits per heavy atom. The highest BCUT2D eigenvalue weighted by molar-refractivity contribution is 9.11. The van der Waals surface area contributed by atoms with Crippen LogP contribution in [0.2, 0.25) is 0 Å². The Kier molecular flexibility index (Phi) is 7.55. The molecule has 0 atom stereocenters. The molecule has 1 aromatic carbocycles. The molecule has 20 heavy (non-hydrogen) atoms. The van der Waals surface area contributed by atoms with Crippen molar-refractivity contribution in [3.8, 4) is 5.75 Å². The topological polar surface area (TPSA) is 47.6 Å². The molecule has 0 aromatic heterocycles. The largest absolute Gasteiger partial charge is 0.492 e. The lowest BCUT2D eigenvalue weighted by Crippen LogP contribution is -2.09. The highest BCUT2D eigenvalue weighted by atomic mass is 79.9. The van der Waals surface area contributed by atoms with Crippen molar-refractivity contribution in [1.29, 1.82) is 0 Å². The van der Waals surface area contributed by atoms with E-state index in [4.69, 9.17) is 9.47 Å². The highest BCUT2D eigenvalue weighted by Crippen LogP contribution is 2.34. The minimum Gasteiger partial charge on any atom is -0.492 e. The number of hydrogen-bond acceptors (Lipinski definition) is 3. The SMILES string of the molecule is CC(=O)Nc1cc(OCCCOC(C)C)c(Br)cc1Br. The van der Waals surface area contributed by atoms with Crippen LogP contribution in [0.1, 0.15) is 27.2 Å². The number of carbonyl (C=O) groups excluding carboxylic acids is 1. The van der Waals surface area contributed by atoms with Gasteiger partial charge in [0.1, 0.15) is 5.75 Å². The van der Waals surface area contributed by atoms with E-state index in [0.29, 0.717) is 24.7 Å². The third-order valence-corrected chi connectivity index (χ3v) is 3.61. The van der Waals surface area contributed by atoms with E-state index < -0.39 is 0 Å². The standard InChI is InChI=1S/C14H19Br2NO3/c1-9(2)19-5-4-6-20-14-8-13(17-10(3)18)11(15)7-12(14)16/h7-9H,4-6H2,1-3H3,(H,17,18). The molecule has 0 aliphatic carbocycles. The van der Waals surface area contributed by atoms with Gasteiger partial charge in [-0.15, -0.1) is 0 Å². The Morgan fingerprint density at radius 2 is 1.95 bits per heavy atom. The second kappa shape index (κ2) is 8.64. The van der Waals surface area contributed by atoms with E-state index in [1.54, 1.807) is 6.07 Å². The zero-order valence-electron chi connectivity index (χ0n) is 11.8. The number of nitrogens with one attached hydrogen (secondary N) is 1. The summed E-state index contributed by atoms with van der Waals surface area (Å²) in [5, 5.41) is 2.75. The van der Waals surface area contributed by atoms with Crippen molar-refractivity contribution in [2.45, 2.75) is 33.3 Å². The maximum atomic E-state index is 11.1. The van der Waals surface area contributed by atoms with Crippen LogP contribution in [0.5, 0.6) is 5.75 Å². The molecule has 112 valence electrons. The van der Waals surface area contributed by atoms with E-state index in [-0.39, 0.29) is 12.0 Å². The summed E-state index contributed by atoms with van der Waals surface area (Å²) in [6.07, 6.45) is 1.05. The van der Waals surface area contributed by atoms with Gasteiger partial charge in [0.2, 0.25) is 5.91 Å². The Bertz CT molecular complexity index is 464. The third-order valence-electron chi connectivity index (χ3n) is 2.33. The van der Waals surface area contributed by atoms with Gasteiger partial charge in [-0.3, -0.25) is 4.79 Å². The molecule has 0 spiro atoms. The summed E-state index contributed by atoms with van der Waals surface area (Å²) in [5.74, 6) is 0.575. The summed E-state index contributed by atoms with van der Waals surface area (Å²) in [6.45, 7) is 6.72. The van der Waals surface area contributed by atoms with E-state index in [1.165, 1.54) is 6.92 Å². The molecule has 4 nitrogen and oxygen atoms in total. The van der Waals surface area contributed by atoms with E-state index in [9.17, 15) is 4.79 Å². The minimum absolute atomic E-state index is 0.121. The van der Waals surface area contributed by atoms with Gasteiger partial charge < -0.3 is 14.8 Å². The average Bonchev–Trinajstić information content (AvgIpc) is 2.33. The van der Waals surface area contributed by atoms with Gasteiger partial charge in [0.05, 0.1) is 29.5 Å². The Hall–Kier alpha value is -0.590. The molecule has 0 heterocycles. The van der Waals surface area contributed by atoms with Crippen molar-refractivity contribution in [3.63, 3.8) is 0 Å². The maximum absolute atomic E-state index is 11.1. The molecular weight excluding hydrogens is 390 g/mol. The van der Waals surface area contributed by atoms with Gasteiger partial charge in [-0.1, -0.05) is 0 Å². The number of carbonyl (C=O) groups is 1. The second-order valence-corrected chi connectivity index (χ2v) is 6.27. The molecule has 6 heteroatoms. The van der Waals surface area contributed by atoms with E-state index in [0.717, 1.165) is 15.4 Å². The third kappa shape index (κ3) is 6.24. The molecule has 0 bridgehead atoms. The van der Waals surface area contributed by atoms with Crippen LogP contribution >= 0.6 is 31.9 Å². The minimum atomic E-state index is -0.121. The molecule has 0 fully saturated rings. The zero-order chi connectivity index (χ0) is 15.1. The van der Waals surface area contributed by atoms with E-state index in [2.05, 4.69) is 37.2 Å². The fraction of sp³-hybridized carbons (Fsp3) is 0.500. The maximum Gasteiger partial charge on any atom is 0.221 e. The number of benzene rings is 1. The summed E-state index contributed by atoms with van der Waals surface area (Å²) in [4.78, 5) is 11.1. The average molecular weight is 409 g/mol. The van der Waals surface area contributed by atoms with Gasteiger partial charge in [-0.05, 0) is 51.8 Å². The smallest absolute Gasteiger partial charge is 0.221 e. The Morgan fingerprint density at radius 3 is 2.55 bits per heavy atom. The lowest BCUT2D eigenvalue weighted by atomic mass is 10.3. The monoisotopic (exact) mass is 407 g/mol. The van der Waals surface area contributed by atoms with Gasteiger partial charge >= 0.3 is 0 Å². The van der Waals surface area contributed by atoms with Gasteiger partial charge in [0, 0.05) is 23.9 Å². The fourth-order valence-corrected chi connectivity index (χ4v) is 2.69. The summed E-state index contributed by atoms with van der Waals surface area (Å²) < 4.78 is 12.8. The first-order valence-corrected chi connectivity index (χ1v) is 7.99. The van der Waals surface area contributed by atoms with Crippen molar-refractivity contribution in [2.24, 2.45) is 0 Å². The molecule has 0 aliphatic heterocycles. The van der Waals surface area contributed by atoms with Gasteiger partial charge in [0.25, 0.3) is 0 Å². The first-order chi connectivity index (χ1) is 9.40. The number of amides is 1. The first kappa shape index (κ1) is 17.5. The Labute approximate surface area is 136 Å². The van der Waals surface area contributed by atoms with Crippen LogP contribution in [0.3, 0.4) is 0 Å². The molecule has 0 radical (unpaired) electrons. The summed E-state index contributed by atoms with van der Waals surface area (Å²) in [7, 11) is 0. The van der Waals surface area contributed by atoms with Crippen molar-refractivity contribution < 1.29 is 14.3 Å². The lowest BCUT2D eigenvalue weighted by Gasteiger charge is -2.13. The van der Waals surface area contributed by atoms with Gasteiger partial charge in [-0.2, -0.15) is 0 Å². The van der Waals surface area contributed by atoms with Crippen molar-refractivity contribution >= 4 is 43.5 Å². The predicted octanol–water partition coefficient (Wildman–Crippen LogP) is 4.36. The van der Waals surface area contributed by atoms with Crippen LogP contribution in [-0.2, 0) is 9.53 Å². The van der Waals surface area contributed by atoms with Gasteiger partial charge in [-0.25, -0.2) is 0 Å². The van der Waals surface area contributed by atoms with Crippen molar-refractivity contribution in [2.75, 3.05) is 18.5 Å². The molecular formula is C14H19Br2NO3. The number of rotatable bonds is 7. The van der Waals surface area contributed by atoms with Crippen molar-refractivity contribution in [3.05, 3.63) is 21.1 Å². The summed E-state index contributed by atoms with van der Waals surface area (Å²) >= 11 is 6.84. The Balaban J connectivity index is 2.58. The molecule has 0 aliphatic rings. The number of ether oxygens (including phenoxy) is 2. The molecule has 1 aromatic rings. The van der Waals surface area contributed by atoms with Crippen LogP contribution in [0.25, 0.3) is 0 Å². The highest BCUT2D eigenvalue weighted by Gasteiger charge is 2.09. The van der Waals surface area contributed by atoms with Crippen LogP contribution in [0.15, 0.2) is 21.1 Å². The first-order valence-electron chi connectivity index (χ1n) is 6.41. The quantitative estimate of drug-likeness (QED) is 0.681. The molecule has 1 amide bonds. The molecule has 1 N–H and O–H groups in total.